The molecule has 106 valence electrons. The topological polar surface area (TPSA) is 22.0 Å². The third kappa shape index (κ3) is 3.22. The molecule has 0 radical (unpaired) electrons. The van der Waals surface area contributed by atoms with Crippen LogP contribution in [-0.2, 0) is 13.0 Å². The number of aromatic nitrogens is 1. The molecule has 0 spiro atoms. The fourth-order valence-electron chi connectivity index (χ4n) is 2.72. The van der Waals surface area contributed by atoms with Crippen LogP contribution in [0, 0.1) is 0 Å². The molecular formula is C19H19NO. The normalized spacial score (nSPS) is 10.9. The van der Waals surface area contributed by atoms with Gasteiger partial charge in [-0.25, -0.2) is 0 Å². The number of benzene rings is 2. The lowest BCUT2D eigenvalue weighted by Crippen LogP contribution is -2.19. The van der Waals surface area contributed by atoms with E-state index in [9.17, 15) is 4.79 Å². The highest BCUT2D eigenvalue weighted by atomic mass is 16.1. The zero-order chi connectivity index (χ0) is 14.5. The molecule has 0 atom stereocenters. The van der Waals surface area contributed by atoms with Crippen LogP contribution < -0.4 is 5.56 Å². The fraction of sp³-hybridized carbons (Fsp3) is 0.211. The molecular weight excluding hydrogens is 258 g/mol. The number of fused-ring (bicyclic) bond motifs is 1. The summed E-state index contributed by atoms with van der Waals surface area (Å²) >= 11 is 0. The Hall–Kier alpha value is -2.35. The van der Waals surface area contributed by atoms with E-state index in [4.69, 9.17) is 0 Å². The standard InChI is InChI=1S/C19H19NO/c21-19-14-13-17-11-4-5-12-18(17)20(19)15-7-6-10-16-8-2-1-3-9-16/h1-5,8-9,11-14H,6-7,10,15H2. The Morgan fingerprint density at radius 2 is 1.52 bits per heavy atom. The van der Waals surface area contributed by atoms with Crippen molar-refractivity contribution in [3.05, 3.63) is 82.6 Å². The Labute approximate surface area is 124 Å². The van der Waals surface area contributed by atoms with Crippen molar-refractivity contribution in [3.63, 3.8) is 0 Å². The maximum Gasteiger partial charge on any atom is 0.251 e. The first kappa shape index (κ1) is 13.6. The second-order valence-electron chi connectivity index (χ2n) is 5.32. The van der Waals surface area contributed by atoms with Gasteiger partial charge in [-0.2, -0.15) is 0 Å². The number of unbranched alkanes of at least 4 members (excludes halogenated alkanes) is 1. The van der Waals surface area contributed by atoms with Gasteiger partial charge in [0, 0.05) is 12.6 Å². The van der Waals surface area contributed by atoms with Crippen LogP contribution >= 0.6 is 0 Å². The van der Waals surface area contributed by atoms with Crippen LogP contribution in [0.5, 0.6) is 0 Å². The van der Waals surface area contributed by atoms with Gasteiger partial charge in [0.15, 0.2) is 0 Å². The van der Waals surface area contributed by atoms with Crippen LogP contribution in [0.4, 0.5) is 0 Å². The van der Waals surface area contributed by atoms with E-state index in [1.165, 1.54) is 5.56 Å². The number of hydrogen-bond acceptors (Lipinski definition) is 1. The Bertz CT molecular complexity index is 774. The molecule has 1 aromatic heterocycles. The third-order valence-corrected chi connectivity index (χ3v) is 3.84. The first-order valence-electron chi connectivity index (χ1n) is 7.47. The highest BCUT2D eigenvalue weighted by Crippen LogP contribution is 2.12. The monoisotopic (exact) mass is 277 g/mol. The van der Waals surface area contributed by atoms with E-state index >= 15 is 0 Å². The largest absolute Gasteiger partial charge is 0.308 e. The van der Waals surface area contributed by atoms with Crippen molar-refractivity contribution < 1.29 is 0 Å². The van der Waals surface area contributed by atoms with E-state index in [1.807, 2.05) is 34.9 Å². The molecule has 0 aliphatic rings. The molecule has 0 aliphatic carbocycles. The van der Waals surface area contributed by atoms with Crippen LogP contribution in [0.25, 0.3) is 10.9 Å². The number of pyridine rings is 1. The Kier molecular flexibility index (Phi) is 4.15. The summed E-state index contributed by atoms with van der Waals surface area (Å²) in [5.41, 5.74) is 2.49. The number of rotatable bonds is 5. The van der Waals surface area contributed by atoms with Crippen molar-refractivity contribution in [3.8, 4) is 0 Å². The molecule has 3 rings (SSSR count). The Morgan fingerprint density at radius 1 is 0.762 bits per heavy atom. The van der Waals surface area contributed by atoms with Gasteiger partial charge in [0.25, 0.3) is 5.56 Å². The van der Waals surface area contributed by atoms with Crippen LogP contribution in [-0.4, -0.2) is 4.57 Å². The van der Waals surface area contributed by atoms with Gasteiger partial charge in [0.2, 0.25) is 0 Å². The van der Waals surface area contributed by atoms with Gasteiger partial charge in [0.05, 0.1) is 5.52 Å². The average Bonchev–Trinajstić information content (AvgIpc) is 2.54. The molecule has 3 aromatic rings. The van der Waals surface area contributed by atoms with Crippen molar-refractivity contribution >= 4 is 10.9 Å². The van der Waals surface area contributed by atoms with E-state index in [0.29, 0.717) is 0 Å². The van der Waals surface area contributed by atoms with Crippen LogP contribution in [0.3, 0.4) is 0 Å². The SMILES string of the molecule is O=c1ccc2ccccc2n1CCCCc1ccccc1. The summed E-state index contributed by atoms with van der Waals surface area (Å²) in [4.78, 5) is 12.1. The van der Waals surface area contributed by atoms with E-state index < -0.39 is 0 Å². The molecule has 0 bridgehead atoms. The lowest BCUT2D eigenvalue weighted by atomic mass is 10.1. The predicted octanol–water partition coefficient (Wildman–Crippen LogP) is 4.02. The lowest BCUT2D eigenvalue weighted by Gasteiger charge is -2.09. The highest BCUT2D eigenvalue weighted by Gasteiger charge is 2.02. The maximum atomic E-state index is 12.1. The van der Waals surface area contributed by atoms with Crippen molar-refractivity contribution in [1.82, 2.24) is 4.57 Å². The number of aryl methyl sites for hydroxylation is 2. The van der Waals surface area contributed by atoms with Gasteiger partial charge in [-0.15, -0.1) is 0 Å². The summed E-state index contributed by atoms with van der Waals surface area (Å²) in [6.07, 6.45) is 3.18. The molecule has 0 amide bonds. The summed E-state index contributed by atoms with van der Waals surface area (Å²) < 4.78 is 1.89. The minimum absolute atomic E-state index is 0.0911. The second kappa shape index (κ2) is 6.40. The summed E-state index contributed by atoms with van der Waals surface area (Å²) in [5, 5.41) is 1.13. The van der Waals surface area contributed by atoms with Crippen molar-refractivity contribution in [2.45, 2.75) is 25.8 Å². The molecule has 0 fully saturated rings. The summed E-state index contributed by atoms with van der Waals surface area (Å²) in [5.74, 6) is 0. The minimum Gasteiger partial charge on any atom is -0.308 e. The van der Waals surface area contributed by atoms with E-state index in [0.717, 1.165) is 36.7 Å². The van der Waals surface area contributed by atoms with Gasteiger partial charge >= 0.3 is 0 Å². The molecule has 2 heteroatoms. The number of nitrogens with zero attached hydrogens (tertiary/aromatic N) is 1. The van der Waals surface area contributed by atoms with Crippen LogP contribution in [0.2, 0.25) is 0 Å². The molecule has 0 aliphatic heterocycles. The van der Waals surface area contributed by atoms with Gasteiger partial charge < -0.3 is 4.57 Å². The third-order valence-electron chi connectivity index (χ3n) is 3.84. The quantitative estimate of drug-likeness (QED) is 0.645. The maximum absolute atomic E-state index is 12.1. The fourth-order valence-corrected chi connectivity index (χ4v) is 2.72. The Morgan fingerprint density at radius 3 is 2.38 bits per heavy atom. The van der Waals surface area contributed by atoms with E-state index in [-0.39, 0.29) is 5.56 Å². The van der Waals surface area contributed by atoms with E-state index in [1.54, 1.807) is 6.07 Å². The Balaban J connectivity index is 1.68. The molecule has 1 heterocycles. The van der Waals surface area contributed by atoms with Crippen LogP contribution in [0.15, 0.2) is 71.5 Å². The van der Waals surface area contributed by atoms with Gasteiger partial charge in [0.1, 0.15) is 0 Å². The number of para-hydroxylation sites is 1. The molecule has 0 unspecified atom stereocenters. The second-order valence-corrected chi connectivity index (χ2v) is 5.32. The first-order valence-corrected chi connectivity index (χ1v) is 7.47. The zero-order valence-corrected chi connectivity index (χ0v) is 12.0. The van der Waals surface area contributed by atoms with Crippen molar-refractivity contribution in [1.29, 1.82) is 0 Å². The summed E-state index contributed by atoms with van der Waals surface area (Å²) in [6, 6.07) is 22.1. The van der Waals surface area contributed by atoms with Gasteiger partial charge in [-0.3, -0.25) is 4.79 Å². The minimum atomic E-state index is 0.0911. The van der Waals surface area contributed by atoms with E-state index in [2.05, 4.69) is 30.3 Å². The van der Waals surface area contributed by atoms with Crippen molar-refractivity contribution in [2.75, 3.05) is 0 Å². The molecule has 0 saturated heterocycles. The summed E-state index contributed by atoms with van der Waals surface area (Å²) in [6.45, 7) is 0.785. The smallest absolute Gasteiger partial charge is 0.251 e. The number of hydrogen-bond donors (Lipinski definition) is 0. The average molecular weight is 277 g/mol. The molecule has 0 saturated carbocycles. The van der Waals surface area contributed by atoms with Crippen LogP contribution in [0.1, 0.15) is 18.4 Å². The first-order chi connectivity index (χ1) is 10.3. The molecule has 0 N–H and O–H groups in total. The summed E-state index contributed by atoms with van der Waals surface area (Å²) in [7, 11) is 0. The predicted molar refractivity (Wildman–Crippen MR) is 87.6 cm³/mol. The van der Waals surface area contributed by atoms with Gasteiger partial charge in [-0.1, -0.05) is 48.5 Å². The van der Waals surface area contributed by atoms with Crippen molar-refractivity contribution in [2.24, 2.45) is 0 Å². The molecule has 2 nitrogen and oxygen atoms in total. The molecule has 2 aromatic carbocycles. The lowest BCUT2D eigenvalue weighted by molar-refractivity contribution is 0.609. The zero-order valence-electron chi connectivity index (χ0n) is 12.0. The highest BCUT2D eigenvalue weighted by molar-refractivity contribution is 5.78. The van der Waals surface area contributed by atoms with Gasteiger partial charge in [-0.05, 0) is 42.3 Å². The molecule has 21 heavy (non-hydrogen) atoms.